The number of rotatable bonds is 8. The predicted molar refractivity (Wildman–Crippen MR) is 109 cm³/mol. The van der Waals surface area contributed by atoms with Crippen LogP contribution in [-0.4, -0.2) is 50.1 Å². The van der Waals surface area contributed by atoms with Gasteiger partial charge in [0.05, 0.1) is 7.11 Å². The summed E-state index contributed by atoms with van der Waals surface area (Å²) in [5.74, 6) is 0.487. The number of piperidine rings is 1. The van der Waals surface area contributed by atoms with E-state index in [1.165, 1.54) is 24.5 Å². The summed E-state index contributed by atoms with van der Waals surface area (Å²) in [4.78, 5) is 4.68. The van der Waals surface area contributed by atoms with Crippen molar-refractivity contribution in [3.8, 4) is 5.75 Å². The summed E-state index contributed by atoms with van der Waals surface area (Å²) in [6.07, 6.45) is 3.44. The standard InChI is InChI=1S/C23H30F2N2O/c1-26(17-20-7-8-21(24)14-23(20)25)15-19-4-3-12-27(16-19)13-11-18-5-9-22(28-2)10-6-18/h5-10,14,19H,3-4,11-13,15-17H2,1-2H3/t19-/m0/s1. The van der Waals surface area contributed by atoms with Crippen LogP contribution in [0.3, 0.4) is 0 Å². The molecule has 0 bridgehead atoms. The number of likely N-dealkylation sites (tertiary alicyclic amines) is 1. The summed E-state index contributed by atoms with van der Waals surface area (Å²) >= 11 is 0. The van der Waals surface area contributed by atoms with E-state index in [-0.39, 0.29) is 0 Å². The van der Waals surface area contributed by atoms with E-state index in [4.69, 9.17) is 4.74 Å². The van der Waals surface area contributed by atoms with Gasteiger partial charge in [-0.3, -0.25) is 0 Å². The van der Waals surface area contributed by atoms with E-state index >= 15 is 0 Å². The largest absolute Gasteiger partial charge is 0.497 e. The minimum absolute atomic E-state index is 0.461. The maximum Gasteiger partial charge on any atom is 0.130 e. The molecule has 152 valence electrons. The van der Waals surface area contributed by atoms with Gasteiger partial charge in [-0.05, 0) is 62.5 Å². The third kappa shape index (κ3) is 6.01. The van der Waals surface area contributed by atoms with Crippen LogP contribution in [0.4, 0.5) is 8.78 Å². The highest BCUT2D eigenvalue weighted by Crippen LogP contribution is 2.20. The lowest BCUT2D eigenvalue weighted by Gasteiger charge is -2.34. The van der Waals surface area contributed by atoms with Crippen molar-refractivity contribution in [2.45, 2.75) is 25.8 Å². The van der Waals surface area contributed by atoms with Gasteiger partial charge in [0.15, 0.2) is 0 Å². The number of halogens is 2. The van der Waals surface area contributed by atoms with E-state index in [0.717, 1.165) is 44.4 Å². The fourth-order valence-corrected chi connectivity index (χ4v) is 4.03. The van der Waals surface area contributed by atoms with Crippen molar-refractivity contribution in [1.29, 1.82) is 0 Å². The SMILES string of the molecule is COc1ccc(CCN2CCC[C@@H](CN(C)Cc3ccc(F)cc3F)C2)cc1. The molecule has 1 aliphatic heterocycles. The molecule has 2 aromatic carbocycles. The van der Waals surface area contributed by atoms with E-state index in [9.17, 15) is 8.78 Å². The van der Waals surface area contributed by atoms with Crippen molar-refractivity contribution < 1.29 is 13.5 Å². The molecule has 0 unspecified atom stereocenters. The lowest BCUT2D eigenvalue weighted by molar-refractivity contribution is 0.142. The average Bonchev–Trinajstić information content (AvgIpc) is 2.69. The zero-order valence-electron chi connectivity index (χ0n) is 16.8. The van der Waals surface area contributed by atoms with Crippen molar-refractivity contribution >= 4 is 0 Å². The number of benzene rings is 2. The van der Waals surface area contributed by atoms with Crippen molar-refractivity contribution in [2.75, 3.05) is 40.3 Å². The number of hydrogen-bond donors (Lipinski definition) is 0. The van der Waals surface area contributed by atoms with Crippen LogP contribution < -0.4 is 4.74 Å². The van der Waals surface area contributed by atoms with E-state index in [2.05, 4.69) is 21.9 Å². The normalized spacial score (nSPS) is 17.8. The average molecular weight is 389 g/mol. The fraction of sp³-hybridized carbons (Fsp3) is 0.478. The highest BCUT2D eigenvalue weighted by molar-refractivity contribution is 5.27. The lowest BCUT2D eigenvalue weighted by atomic mass is 9.97. The van der Waals surface area contributed by atoms with Crippen LogP contribution in [0.2, 0.25) is 0 Å². The van der Waals surface area contributed by atoms with Crippen LogP contribution in [0.15, 0.2) is 42.5 Å². The predicted octanol–water partition coefficient (Wildman–Crippen LogP) is 4.36. The molecule has 1 fully saturated rings. The Balaban J connectivity index is 1.45. The molecule has 0 aromatic heterocycles. The first-order valence-electron chi connectivity index (χ1n) is 10.0. The van der Waals surface area contributed by atoms with Gasteiger partial charge in [-0.1, -0.05) is 18.2 Å². The Hall–Kier alpha value is -1.98. The van der Waals surface area contributed by atoms with Gasteiger partial charge < -0.3 is 14.5 Å². The lowest BCUT2D eigenvalue weighted by Crippen LogP contribution is -2.40. The van der Waals surface area contributed by atoms with Gasteiger partial charge in [0.25, 0.3) is 0 Å². The maximum absolute atomic E-state index is 13.9. The molecule has 1 saturated heterocycles. The summed E-state index contributed by atoms with van der Waals surface area (Å²) in [5.41, 5.74) is 1.88. The minimum Gasteiger partial charge on any atom is -0.497 e. The van der Waals surface area contributed by atoms with Gasteiger partial charge in [-0.25, -0.2) is 8.78 Å². The van der Waals surface area contributed by atoms with Crippen molar-refractivity contribution in [2.24, 2.45) is 5.92 Å². The Morgan fingerprint density at radius 3 is 2.64 bits per heavy atom. The van der Waals surface area contributed by atoms with Gasteiger partial charge in [0, 0.05) is 37.8 Å². The molecular weight excluding hydrogens is 358 g/mol. The number of methoxy groups -OCH3 is 1. The molecule has 3 rings (SSSR count). The quantitative estimate of drug-likeness (QED) is 0.668. The summed E-state index contributed by atoms with van der Waals surface area (Å²) < 4.78 is 32.2. The van der Waals surface area contributed by atoms with Crippen LogP contribution in [-0.2, 0) is 13.0 Å². The molecule has 0 N–H and O–H groups in total. The Labute approximate surface area is 166 Å². The number of hydrogen-bond acceptors (Lipinski definition) is 3. The first kappa shape index (κ1) is 20.7. The van der Waals surface area contributed by atoms with Gasteiger partial charge >= 0.3 is 0 Å². The van der Waals surface area contributed by atoms with E-state index in [1.54, 1.807) is 13.2 Å². The van der Waals surface area contributed by atoms with Crippen LogP contribution in [0.5, 0.6) is 5.75 Å². The molecule has 0 spiro atoms. The Morgan fingerprint density at radius 1 is 1.14 bits per heavy atom. The third-order valence-corrected chi connectivity index (χ3v) is 5.50. The molecule has 5 heteroatoms. The van der Waals surface area contributed by atoms with Crippen LogP contribution in [0.1, 0.15) is 24.0 Å². The fourth-order valence-electron chi connectivity index (χ4n) is 4.03. The Bertz CT molecular complexity index is 751. The topological polar surface area (TPSA) is 15.7 Å². The number of nitrogens with zero attached hydrogens (tertiary/aromatic N) is 2. The van der Waals surface area contributed by atoms with Gasteiger partial charge in [-0.2, -0.15) is 0 Å². The first-order valence-corrected chi connectivity index (χ1v) is 10.0. The van der Waals surface area contributed by atoms with E-state index in [0.29, 0.717) is 18.0 Å². The zero-order valence-corrected chi connectivity index (χ0v) is 16.8. The Kier molecular flexibility index (Phi) is 7.40. The molecule has 1 heterocycles. The minimum atomic E-state index is -0.524. The van der Waals surface area contributed by atoms with Crippen molar-refractivity contribution in [3.05, 3.63) is 65.2 Å². The molecule has 3 nitrogen and oxygen atoms in total. The molecule has 28 heavy (non-hydrogen) atoms. The second kappa shape index (κ2) is 9.99. The molecular formula is C23H30F2N2O. The molecule has 0 saturated carbocycles. The monoisotopic (exact) mass is 388 g/mol. The van der Waals surface area contributed by atoms with Gasteiger partial charge in [0.1, 0.15) is 17.4 Å². The van der Waals surface area contributed by atoms with Gasteiger partial charge in [-0.15, -0.1) is 0 Å². The third-order valence-electron chi connectivity index (χ3n) is 5.50. The van der Waals surface area contributed by atoms with Crippen molar-refractivity contribution in [3.63, 3.8) is 0 Å². The molecule has 1 atom stereocenters. The van der Waals surface area contributed by atoms with E-state index < -0.39 is 11.6 Å². The second-order valence-electron chi connectivity index (χ2n) is 7.84. The summed E-state index contributed by atoms with van der Waals surface area (Å²) in [7, 11) is 3.70. The van der Waals surface area contributed by atoms with E-state index in [1.807, 2.05) is 19.2 Å². The molecule has 0 amide bonds. The van der Waals surface area contributed by atoms with Crippen LogP contribution in [0.25, 0.3) is 0 Å². The van der Waals surface area contributed by atoms with Crippen LogP contribution in [0, 0.1) is 17.6 Å². The summed E-state index contributed by atoms with van der Waals surface area (Å²) in [6.45, 7) is 4.71. The maximum atomic E-state index is 13.9. The Morgan fingerprint density at radius 2 is 1.93 bits per heavy atom. The molecule has 1 aliphatic rings. The highest BCUT2D eigenvalue weighted by Gasteiger charge is 2.21. The summed E-state index contributed by atoms with van der Waals surface area (Å²) in [5, 5.41) is 0. The van der Waals surface area contributed by atoms with Crippen LogP contribution >= 0.6 is 0 Å². The molecule has 0 aliphatic carbocycles. The zero-order chi connectivity index (χ0) is 19.9. The summed E-state index contributed by atoms with van der Waals surface area (Å²) in [6, 6.07) is 12.1. The smallest absolute Gasteiger partial charge is 0.130 e. The molecule has 0 radical (unpaired) electrons. The molecule has 2 aromatic rings. The first-order chi connectivity index (χ1) is 13.5. The van der Waals surface area contributed by atoms with Gasteiger partial charge in [0.2, 0.25) is 0 Å². The second-order valence-corrected chi connectivity index (χ2v) is 7.84. The number of ether oxygens (including phenoxy) is 1. The highest BCUT2D eigenvalue weighted by atomic mass is 19.1. The van der Waals surface area contributed by atoms with Crippen molar-refractivity contribution in [1.82, 2.24) is 9.80 Å².